The van der Waals surface area contributed by atoms with Crippen molar-refractivity contribution < 1.29 is 9.90 Å². The van der Waals surface area contributed by atoms with Crippen molar-refractivity contribution in [2.45, 2.75) is 69.5 Å². The minimum Gasteiger partial charge on any atom is -0.481 e. The molecule has 108 valence electrons. The average Bonchev–Trinajstić information content (AvgIpc) is 2.86. The molecular weight excluding hydrogens is 240 g/mol. The SMILES string of the molecule is O=C(O)C1CCCC(NC2CCN3CCCC3C2)C1. The summed E-state index contributed by atoms with van der Waals surface area (Å²) in [6.07, 6.45) is 9.17. The van der Waals surface area contributed by atoms with E-state index in [9.17, 15) is 4.79 Å². The quantitative estimate of drug-likeness (QED) is 0.818. The van der Waals surface area contributed by atoms with Gasteiger partial charge >= 0.3 is 5.97 Å². The lowest BCUT2D eigenvalue weighted by Crippen LogP contribution is -2.49. The number of nitrogens with zero attached hydrogens (tertiary/aromatic N) is 1. The van der Waals surface area contributed by atoms with Crippen molar-refractivity contribution in [3.63, 3.8) is 0 Å². The normalized spacial score (nSPS) is 40.0. The van der Waals surface area contributed by atoms with E-state index < -0.39 is 5.97 Å². The van der Waals surface area contributed by atoms with Crippen LogP contribution in [0.3, 0.4) is 0 Å². The standard InChI is InChI=1S/C15H26N2O2/c18-15(19)11-3-1-4-12(9-11)16-13-6-8-17-7-2-5-14(17)10-13/h11-14,16H,1-10H2,(H,18,19). The van der Waals surface area contributed by atoms with Crippen molar-refractivity contribution in [2.24, 2.45) is 5.92 Å². The lowest BCUT2D eigenvalue weighted by Gasteiger charge is -2.38. The third-order valence-corrected chi connectivity index (χ3v) is 5.32. The van der Waals surface area contributed by atoms with Crippen LogP contribution in [-0.4, -0.2) is 47.2 Å². The highest BCUT2D eigenvalue weighted by molar-refractivity contribution is 5.70. The largest absolute Gasteiger partial charge is 0.481 e. The summed E-state index contributed by atoms with van der Waals surface area (Å²) in [6.45, 7) is 2.53. The first-order chi connectivity index (χ1) is 9.22. The molecule has 3 aliphatic rings. The van der Waals surface area contributed by atoms with Crippen LogP contribution in [0.5, 0.6) is 0 Å². The third kappa shape index (κ3) is 3.11. The highest BCUT2D eigenvalue weighted by Gasteiger charge is 2.34. The van der Waals surface area contributed by atoms with Gasteiger partial charge in [0, 0.05) is 18.1 Å². The van der Waals surface area contributed by atoms with Gasteiger partial charge < -0.3 is 15.3 Å². The second-order valence-electron chi connectivity index (χ2n) is 6.62. The number of rotatable bonds is 3. The van der Waals surface area contributed by atoms with E-state index in [-0.39, 0.29) is 5.92 Å². The summed E-state index contributed by atoms with van der Waals surface area (Å²) >= 11 is 0. The van der Waals surface area contributed by atoms with E-state index in [4.69, 9.17) is 5.11 Å². The van der Waals surface area contributed by atoms with Gasteiger partial charge in [-0.25, -0.2) is 0 Å². The molecule has 3 fully saturated rings. The van der Waals surface area contributed by atoms with E-state index in [1.165, 1.54) is 38.8 Å². The summed E-state index contributed by atoms with van der Waals surface area (Å²) in [5.41, 5.74) is 0. The minimum absolute atomic E-state index is 0.113. The van der Waals surface area contributed by atoms with Crippen LogP contribution in [0.1, 0.15) is 51.4 Å². The minimum atomic E-state index is -0.600. The zero-order chi connectivity index (χ0) is 13.2. The van der Waals surface area contributed by atoms with Gasteiger partial charge in [-0.1, -0.05) is 6.42 Å². The zero-order valence-electron chi connectivity index (χ0n) is 11.7. The molecule has 0 bridgehead atoms. The molecule has 1 saturated carbocycles. The third-order valence-electron chi connectivity index (χ3n) is 5.32. The van der Waals surface area contributed by atoms with Crippen LogP contribution >= 0.6 is 0 Å². The Balaban J connectivity index is 1.49. The van der Waals surface area contributed by atoms with Gasteiger partial charge in [0.25, 0.3) is 0 Å². The molecule has 0 aromatic rings. The molecule has 4 atom stereocenters. The van der Waals surface area contributed by atoms with Crippen molar-refractivity contribution in [3.8, 4) is 0 Å². The molecule has 0 aromatic carbocycles. The fraction of sp³-hybridized carbons (Fsp3) is 0.933. The van der Waals surface area contributed by atoms with Gasteiger partial charge in [-0.3, -0.25) is 4.79 Å². The highest BCUT2D eigenvalue weighted by atomic mass is 16.4. The maximum absolute atomic E-state index is 11.1. The maximum Gasteiger partial charge on any atom is 0.306 e. The number of nitrogens with one attached hydrogen (secondary N) is 1. The summed E-state index contributed by atoms with van der Waals surface area (Å²) in [7, 11) is 0. The number of aliphatic carboxylic acids is 1. The van der Waals surface area contributed by atoms with Gasteiger partial charge in [-0.15, -0.1) is 0 Å². The van der Waals surface area contributed by atoms with Gasteiger partial charge in [0.1, 0.15) is 0 Å². The number of carboxylic acid groups (broad SMARTS) is 1. The van der Waals surface area contributed by atoms with Crippen LogP contribution in [0.25, 0.3) is 0 Å². The molecule has 4 heteroatoms. The van der Waals surface area contributed by atoms with Crippen LogP contribution in [0.2, 0.25) is 0 Å². The molecule has 0 spiro atoms. The second kappa shape index (κ2) is 5.80. The van der Waals surface area contributed by atoms with Crippen LogP contribution in [-0.2, 0) is 4.79 Å². The Hall–Kier alpha value is -0.610. The van der Waals surface area contributed by atoms with Crippen LogP contribution in [0, 0.1) is 5.92 Å². The van der Waals surface area contributed by atoms with E-state index in [1.807, 2.05) is 0 Å². The summed E-state index contributed by atoms with van der Waals surface area (Å²) < 4.78 is 0. The molecule has 0 radical (unpaired) electrons. The fourth-order valence-corrected chi connectivity index (χ4v) is 4.27. The van der Waals surface area contributed by atoms with Crippen molar-refractivity contribution in [1.82, 2.24) is 10.2 Å². The monoisotopic (exact) mass is 266 g/mol. The Kier molecular flexibility index (Phi) is 4.08. The summed E-state index contributed by atoms with van der Waals surface area (Å²) in [5, 5.41) is 12.9. The van der Waals surface area contributed by atoms with Crippen LogP contribution in [0.15, 0.2) is 0 Å². The number of carboxylic acids is 1. The van der Waals surface area contributed by atoms with Gasteiger partial charge in [0.15, 0.2) is 0 Å². The number of hydrogen-bond acceptors (Lipinski definition) is 3. The van der Waals surface area contributed by atoms with Crippen molar-refractivity contribution >= 4 is 5.97 Å². The van der Waals surface area contributed by atoms with E-state index in [0.29, 0.717) is 12.1 Å². The molecule has 19 heavy (non-hydrogen) atoms. The zero-order valence-corrected chi connectivity index (χ0v) is 11.7. The maximum atomic E-state index is 11.1. The van der Waals surface area contributed by atoms with Crippen molar-refractivity contribution in [3.05, 3.63) is 0 Å². The van der Waals surface area contributed by atoms with Gasteiger partial charge in [-0.05, 0) is 58.0 Å². The molecule has 0 amide bonds. The van der Waals surface area contributed by atoms with Gasteiger partial charge in [0.2, 0.25) is 0 Å². The Morgan fingerprint density at radius 2 is 1.84 bits per heavy atom. The number of hydrogen-bond donors (Lipinski definition) is 2. The van der Waals surface area contributed by atoms with Crippen molar-refractivity contribution in [1.29, 1.82) is 0 Å². The first-order valence-electron chi connectivity index (χ1n) is 7.95. The van der Waals surface area contributed by atoms with Crippen LogP contribution in [0.4, 0.5) is 0 Å². The lowest BCUT2D eigenvalue weighted by molar-refractivity contribution is -0.143. The number of piperidine rings is 1. The summed E-state index contributed by atoms with van der Waals surface area (Å²) in [6, 6.07) is 1.86. The summed E-state index contributed by atoms with van der Waals surface area (Å²) in [5.74, 6) is -0.713. The first kappa shape index (κ1) is 13.4. The molecule has 3 rings (SSSR count). The van der Waals surface area contributed by atoms with Gasteiger partial charge in [-0.2, -0.15) is 0 Å². The Morgan fingerprint density at radius 1 is 1.00 bits per heavy atom. The molecule has 2 heterocycles. The van der Waals surface area contributed by atoms with E-state index in [0.717, 1.165) is 31.7 Å². The highest BCUT2D eigenvalue weighted by Crippen LogP contribution is 2.29. The van der Waals surface area contributed by atoms with E-state index in [2.05, 4.69) is 10.2 Å². The average molecular weight is 266 g/mol. The number of fused-ring (bicyclic) bond motifs is 1. The molecule has 2 saturated heterocycles. The molecule has 4 nitrogen and oxygen atoms in total. The van der Waals surface area contributed by atoms with Crippen LogP contribution < -0.4 is 5.32 Å². The molecule has 4 unspecified atom stereocenters. The smallest absolute Gasteiger partial charge is 0.306 e. The first-order valence-corrected chi connectivity index (χ1v) is 7.95. The Morgan fingerprint density at radius 3 is 2.68 bits per heavy atom. The Labute approximate surface area is 115 Å². The summed E-state index contributed by atoms with van der Waals surface area (Å²) in [4.78, 5) is 13.7. The second-order valence-corrected chi connectivity index (χ2v) is 6.62. The molecule has 2 aliphatic heterocycles. The van der Waals surface area contributed by atoms with E-state index in [1.54, 1.807) is 0 Å². The van der Waals surface area contributed by atoms with E-state index >= 15 is 0 Å². The molecule has 2 N–H and O–H groups in total. The predicted molar refractivity (Wildman–Crippen MR) is 74.1 cm³/mol. The van der Waals surface area contributed by atoms with Crippen molar-refractivity contribution in [2.75, 3.05) is 13.1 Å². The molecule has 0 aromatic heterocycles. The van der Waals surface area contributed by atoms with Gasteiger partial charge in [0.05, 0.1) is 5.92 Å². The predicted octanol–water partition coefficient (Wildman–Crippen LogP) is 1.85. The number of carbonyl (C=O) groups is 1. The molecule has 1 aliphatic carbocycles. The Bertz CT molecular complexity index is 334. The molecular formula is C15H26N2O2. The topological polar surface area (TPSA) is 52.6 Å². The fourth-order valence-electron chi connectivity index (χ4n) is 4.27. The lowest BCUT2D eigenvalue weighted by atomic mass is 9.84.